The molecule has 1 fully saturated rings. The molecule has 0 aromatic heterocycles. The molecular weight excluding hydrogens is 362 g/mol. The maximum atomic E-state index is 12.6. The summed E-state index contributed by atoms with van der Waals surface area (Å²) < 4.78 is 11.6. The highest BCUT2D eigenvalue weighted by atomic mass is 16.5. The number of ketones is 1. The number of hydrogen-bond donors (Lipinski definition) is 1. The van der Waals surface area contributed by atoms with Gasteiger partial charge in [-0.1, -0.05) is 54.6 Å². The van der Waals surface area contributed by atoms with Gasteiger partial charge in [-0.3, -0.25) is 4.79 Å². The number of ether oxygens (including phenoxy) is 2. The molecule has 0 bridgehead atoms. The molecule has 3 aromatic carbocycles. The predicted octanol–water partition coefficient (Wildman–Crippen LogP) is 4.35. The molecule has 1 saturated heterocycles. The second-order valence-electron chi connectivity index (χ2n) is 7.20. The van der Waals surface area contributed by atoms with E-state index in [1.165, 1.54) is 0 Å². The lowest BCUT2D eigenvalue weighted by Gasteiger charge is -2.24. The smallest absolute Gasteiger partial charge is 0.167 e. The number of nitrogens with one attached hydrogen (secondary N) is 1. The fourth-order valence-corrected chi connectivity index (χ4v) is 3.40. The van der Waals surface area contributed by atoms with Crippen LogP contribution in [0.2, 0.25) is 0 Å². The molecule has 29 heavy (non-hydrogen) atoms. The maximum Gasteiger partial charge on any atom is 0.167 e. The van der Waals surface area contributed by atoms with Gasteiger partial charge >= 0.3 is 0 Å². The van der Waals surface area contributed by atoms with Gasteiger partial charge < -0.3 is 14.8 Å². The number of benzene rings is 3. The highest BCUT2D eigenvalue weighted by Crippen LogP contribution is 2.20. The fourth-order valence-electron chi connectivity index (χ4n) is 3.40. The lowest BCUT2D eigenvalue weighted by atomic mass is 10.0. The molecule has 0 radical (unpaired) electrons. The Morgan fingerprint density at radius 3 is 2.38 bits per heavy atom. The van der Waals surface area contributed by atoms with Gasteiger partial charge in [0.1, 0.15) is 12.4 Å². The van der Waals surface area contributed by atoms with E-state index in [2.05, 4.69) is 17.4 Å². The molecule has 0 amide bonds. The Balaban J connectivity index is 1.32. The van der Waals surface area contributed by atoms with Gasteiger partial charge in [-0.25, -0.2) is 0 Å². The molecule has 4 rings (SSSR count). The summed E-state index contributed by atoms with van der Waals surface area (Å²) in [5.41, 5.74) is 3.96. The molecule has 0 saturated carbocycles. The summed E-state index contributed by atoms with van der Waals surface area (Å²) in [7, 11) is 0. The Hall–Kier alpha value is -2.95. The number of hydrogen-bond acceptors (Lipinski definition) is 4. The Morgan fingerprint density at radius 2 is 1.69 bits per heavy atom. The predicted molar refractivity (Wildman–Crippen MR) is 113 cm³/mol. The van der Waals surface area contributed by atoms with E-state index < -0.39 is 0 Å². The third-order valence-corrected chi connectivity index (χ3v) is 5.07. The first kappa shape index (κ1) is 19.4. The van der Waals surface area contributed by atoms with Crippen LogP contribution in [0.25, 0.3) is 0 Å². The van der Waals surface area contributed by atoms with E-state index in [0.717, 1.165) is 42.1 Å². The van der Waals surface area contributed by atoms with Gasteiger partial charge in [0.05, 0.1) is 12.7 Å². The number of rotatable bonds is 7. The first-order chi connectivity index (χ1) is 14.3. The molecule has 1 unspecified atom stereocenters. The Bertz CT molecular complexity index is 915. The van der Waals surface area contributed by atoms with Gasteiger partial charge in [0.15, 0.2) is 5.78 Å². The van der Waals surface area contributed by atoms with Crippen molar-refractivity contribution in [3.05, 3.63) is 101 Å². The van der Waals surface area contributed by atoms with Crippen molar-refractivity contribution < 1.29 is 14.3 Å². The van der Waals surface area contributed by atoms with Crippen molar-refractivity contribution >= 4 is 5.78 Å². The third-order valence-electron chi connectivity index (χ3n) is 5.07. The molecular formula is C25H25NO3. The van der Waals surface area contributed by atoms with E-state index in [4.69, 9.17) is 9.47 Å². The second-order valence-corrected chi connectivity index (χ2v) is 7.20. The Kier molecular flexibility index (Phi) is 6.35. The van der Waals surface area contributed by atoms with Gasteiger partial charge in [-0.05, 0) is 41.0 Å². The molecule has 148 valence electrons. The summed E-state index contributed by atoms with van der Waals surface area (Å²) >= 11 is 0. The lowest BCUT2D eigenvalue weighted by molar-refractivity contribution is 0.0277. The van der Waals surface area contributed by atoms with Crippen molar-refractivity contribution in [3.63, 3.8) is 0 Å². The first-order valence-electron chi connectivity index (χ1n) is 9.99. The number of carbonyl (C=O) groups excluding carboxylic acids is 1. The van der Waals surface area contributed by atoms with Crippen molar-refractivity contribution in [2.24, 2.45) is 0 Å². The zero-order valence-electron chi connectivity index (χ0n) is 16.3. The minimum atomic E-state index is 0.0944. The lowest BCUT2D eigenvalue weighted by Crippen LogP contribution is -2.33. The average Bonchev–Trinajstić information content (AvgIpc) is 2.80. The van der Waals surface area contributed by atoms with Crippen LogP contribution >= 0.6 is 0 Å². The van der Waals surface area contributed by atoms with Crippen LogP contribution in [0, 0.1) is 0 Å². The molecule has 0 spiro atoms. The summed E-state index contributed by atoms with van der Waals surface area (Å²) in [6.45, 7) is 2.98. The highest BCUT2D eigenvalue weighted by molar-refractivity contribution is 5.97. The molecule has 4 heteroatoms. The van der Waals surface area contributed by atoms with Gasteiger partial charge in [0.25, 0.3) is 0 Å². The summed E-state index contributed by atoms with van der Waals surface area (Å²) in [5.74, 6) is 0.860. The maximum absolute atomic E-state index is 12.6. The zero-order chi connectivity index (χ0) is 19.9. The van der Waals surface area contributed by atoms with Crippen molar-refractivity contribution in [2.45, 2.75) is 19.1 Å². The summed E-state index contributed by atoms with van der Waals surface area (Å²) in [5, 5.41) is 3.34. The van der Waals surface area contributed by atoms with E-state index in [1.807, 2.05) is 66.7 Å². The third kappa shape index (κ3) is 5.31. The average molecular weight is 387 g/mol. The largest absolute Gasteiger partial charge is 0.489 e. The summed E-state index contributed by atoms with van der Waals surface area (Å²) in [6, 6.07) is 25.5. The van der Waals surface area contributed by atoms with E-state index >= 15 is 0 Å². The molecule has 4 nitrogen and oxygen atoms in total. The Labute approximate surface area is 171 Å². The number of morpholine rings is 1. The summed E-state index contributed by atoms with van der Waals surface area (Å²) in [4.78, 5) is 12.6. The monoisotopic (exact) mass is 387 g/mol. The van der Waals surface area contributed by atoms with E-state index in [1.54, 1.807) is 0 Å². The van der Waals surface area contributed by atoms with E-state index in [-0.39, 0.29) is 11.9 Å². The number of Topliss-reactive ketones (excluding diaryl/α,β-unsaturated/α-hetero) is 1. The molecule has 1 aliphatic heterocycles. The molecule has 1 atom stereocenters. The van der Waals surface area contributed by atoms with Crippen molar-refractivity contribution in [1.82, 2.24) is 5.32 Å². The van der Waals surface area contributed by atoms with Crippen LogP contribution in [0.3, 0.4) is 0 Å². The van der Waals surface area contributed by atoms with Crippen molar-refractivity contribution in [3.8, 4) is 5.75 Å². The van der Waals surface area contributed by atoms with E-state index in [9.17, 15) is 4.79 Å². The number of carbonyl (C=O) groups is 1. The first-order valence-corrected chi connectivity index (χ1v) is 9.99. The van der Waals surface area contributed by atoms with Crippen molar-refractivity contribution in [1.29, 1.82) is 0 Å². The van der Waals surface area contributed by atoms with Crippen LogP contribution in [0.4, 0.5) is 0 Å². The zero-order valence-corrected chi connectivity index (χ0v) is 16.3. The van der Waals surface area contributed by atoms with Crippen LogP contribution in [0.1, 0.15) is 33.2 Å². The molecule has 1 N–H and O–H groups in total. The van der Waals surface area contributed by atoms with Crippen LogP contribution in [-0.4, -0.2) is 25.5 Å². The quantitative estimate of drug-likeness (QED) is 0.612. The van der Waals surface area contributed by atoms with Crippen LogP contribution in [0.15, 0.2) is 78.9 Å². The van der Waals surface area contributed by atoms with Gasteiger partial charge in [0.2, 0.25) is 0 Å². The molecule has 1 heterocycles. The van der Waals surface area contributed by atoms with Crippen molar-refractivity contribution in [2.75, 3.05) is 19.7 Å². The second kappa shape index (κ2) is 9.50. The normalized spacial score (nSPS) is 16.3. The standard InChI is InChI=1S/C25H25NO3/c27-24(16-19-6-8-22(9-7-19)25-17-26-14-15-28-25)21-10-12-23(13-11-21)29-18-20-4-2-1-3-5-20/h1-13,25-26H,14-18H2. The van der Waals surface area contributed by atoms with Crippen LogP contribution < -0.4 is 10.1 Å². The van der Waals surface area contributed by atoms with Crippen LogP contribution in [0.5, 0.6) is 5.75 Å². The molecule has 0 aliphatic carbocycles. The molecule has 1 aliphatic rings. The van der Waals surface area contributed by atoms with Gasteiger partial charge in [-0.15, -0.1) is 0 Å². The molecule has 3 aromatic rings. The SMILES string of the molecule is O=C(Cc1ccc(C2CNCCO2)cc1)c1ccc(OCc2ccccc2)cc1. The topological polar surface area (TPSA) is 47.6 Å². The minimum absolute atomic E-state index is 0.0944. The Morgan fingerprint density at radius 1 is 0.931 bits per heavy atom. The minimum Gasteiger partial charge on any atom is -0.489 e. The van der Waals surface area contributed by atoms with Gasteiger partial charge in [-0.2, -0.15) is 0 Å². The van der Waals surface area contributed by atoms with Gasteiger partial charge in [0, 0.05) is 25.1 Å². The van der Waals surface area contributed by atoms with Crippen LogP contribution in [-0.2, 0) is 17.8 Å². The van der Waals surface area contributed by atoms with E-state index in [0.29, 0.717) is 18.6 Å². The summed E-state index contributed by atoms with van der Waals surface area (Å²) in [6.07, 6.45) is 0.478. The highest BCUT2D eigenvalue weighted by Gasteiger charge is 2.15. The fraction of sp³-hybridized carbons (Fsp3) is 0.240.